The van der Waals surface area contributed by atoms with E-state index in [0.717, 1.165) is 11.1 Å². The number of anilines is 1. The molecule has 0 radical (unpaired) electrons. The van der Waals surface area contributed by atoms with Crippen molar-refractivity contribution in [2.45, 2.75) is 18.0 Å². The quantitative estimate of drug-likeness (QED) is 0.725. The van der Waals surface area contributed by atoms with Crippen LogP contribution in [0.1, 0.15) is 5.56 Å². The largest absolute Gasteiger partial charge is 0.479 e. The highest BCUT2D eigenvalue weighted by Crippen LogP contribution is 2.44. The number of carboxylic acids is 1. The minimum atomic E-state index is -1.36. The summed E-state index contributed by atoms with van der Waals surface area (Å²) in [6.07, 6.45) is -2.56. The maximum Gasteiger partial charge on any atom is 0.336 e. The lowest BCUT2D eigenvalue weighted by molar-refractivity contribution is -0.193. The van der Waals surface area contributed by atoms with Crippen LogP contribution in [0.3, 0.4) is 0 Å². The second-order valence-corrected chi connectivity index (χ2v) is 7.37. The van der Waals surface area contributed by atoms with Crippen LogP contribution in [0.15, 0.2) is 84.9 Å². The molecular weight excluding hydrogens is 382 g/mol. The zero-order chi connectivity index (χ0) is 20.7. The van der Waals surface area contributed by atoms with Gasteiger partial charge >= 0.3 is 5.97 Å². The molecule has 0 aliphatic carbocycles. The molecule has 1 amide bonds. The van der Waals surface area contributed by atoms with E-state index in [2.05, 4.69) is 0 Å². The molecule has 2 fully saturated rings. The zero-order valence-electron chi connectivity index (χ0n) is 16.0. The van der Waals surface area contributed by atoms with Crippen LogP contribution in [0.5, 0.6) is 0 Å². The number of hydrogen-bond donors (Lipinski definition) is 1. The predicted molar refractivity (Wildman–Crippen MR) is 110 cm³/mol. The van der Waals surface area contributed by atoms with Crippen LogP contribution in [0, 0.1) is 0 Å². The lowest BCUT2D eigenvalue weighted by Gasteiger charge is -2.38. The maximum absolute atomic E-state index is 13.1. The van der Waals surface area contributed by atoms with Crippen molar-refractivity contribution in [1.29, 1.82) is 0 Å². The Bertz CT molecular complexity index is 1080. The number of carboxylic acid groups (broad SMARTS) is 1. The molecule has 0 saturated carbocycles. The Hall–Kier alpha value is -3.48. The number of rotatable bonds is 4. The SMILES string of the molecule is O=C(O)C1OC2(c3ccccc3)CN(c3ccc(-c4ccccc4)cc3)C(=O)C1O2. The summed E-state index contributed by atoms with van der Waals surface area (Å²) in [4.78, 5) is 26.4. The number of aliphatic carboxylic acids is 1. The fourth-order valence-electron chi connectivity index (χ4n) is 4.04. The summed E-state index contributed by atoms with van der Waals surface area (Å²) in [5, 5.41) is 9.58. The summed E-state index contributed by atoms with van der Waals surface area (Å²) in [7, 11) is 0. The first-order chi connectivity index (χ1) is 14.6. The third-order valence-corrected chi connectivity index (χ3v) is 5.53. The Morgan fingerprint density at radius 2 is 1.47 bits per heavy atom. The van der Waals surface area contributed by atoms with Crippen LogP contribution in [-0.4, -0.2) is 35.7 Å². The Morgan fingerprint density at radius 1 is 0.867 bits per heavy atom. The Balaban J connectivity index is 1.51. The highest BCUT2D eigenvalue weighted by molar-refractivity contribution is 6.01. The Kier molecular flexibility index (Phi) is 4.38. The van der Waals surface area contributed by atoms with Crippen molar-refractivity contribution >= 4 is 17.6 Å². The molecule has 30 heavy (non-hydrogen) atoms. The van der Waals surface area contributed by atoms with Gasteiger partial charge in [0.25, 0.3) is 5.91 Å². The van der Waals surface area contributed by atoms with Gasteiger partial charge in [-0.25, -0.2) is 4.79 Å². The molecule has 2 bridgehead atoms. The average molecular weight is 401 g/mol. The number of fused-ring (bicyclic) bond motifs is 2. The van der Waals surface area contributed by atoms with E-state index in [0.29, 0.717) is 11.3 Å². The summed E-state index contributed by atoms with van der Waals surface area (Å²) in [6.45, 7) is 0.0702. The lowest BCUT2D eigenvalue weighted by Crippen LogP contribution is -2.54. The molecule has 0 aromatic heterocycles. The molecule has 2 heterocycles. The normalized spacial score (nSPS) is 25.3. The summed E-state index contributed by atoms with van der Waals surface area (Å²) in [5.74, 6) is -2.95. The monoisotopic (exact) mass is 401 g/mol. The Labute approximate surface area is 173 Å². The van der Waals surface area contributed by atoms with Gasteiger partial charge < -0.3 is 19.5 Å². The molecule has 6 heteroatoms. The maximum atomic E-state index is 13.1. The summed E-state index contributed by atoms with van der Waals surface area (Å²) in [6, 6.07) is 26.7. The molecule has 3 unspecified atom stereocenters. The highest BCUT2D eigenvalue weighted by Gasteiger charge is 2.60. The van der Waals surface area contributed by atoms with Gasteiger partial charge in [0.2, 0.25) is 5.79 Å². The summed E-state index contributed by atoms with van der Waals surface area (Å²) in [5.41, 5.74) is 3.45. The van der Waals surface area contributed by atoms with E-state index in [1.807, 2.05) is 84.9 Å². The molecule has 6 nitrogen and oxygen atoms in total. The van der Waals surface area contributed by atoms with Crippen molar-refractivity contribution in [2.75, 3.05) is 11.4 Å². The number of carbonyl (C=O) groups excluding carboxylic acids is 1. The summed E-state index contributed by atoms with van der Waals surface area (Å²) < 4.78 is 11.8. The van der Waals surface area contributed by atoms with Crippen molar-refractivity contribution in [2.24, 2.45) is 0 Å². The molecule has 150 valence electrons. The van der Waals surface area contributed by atoms with Gasteiger partial charge in [-0.3, -0.25) is 4.79 Å². The van der Waals surface area contributed by atoms with Crippen molar-refractivity contribution in [3.63, 3.8) is 0 Å². The number of amides is 1. The molecule has 0 spiro atoms. The molecule has 3 aromatic rings. The Morgan fingerprint density at radius 3 is 2.10 bits per heavy atom. The molecule has 3 aromatic carbocycles. The smallest absolute Gasteiger partial charge is 0.336 e. The molecular formula is C24H19NO5. The molecule has 2 aliphatic rings. The fourth-order valence-corrected chi connectivity index (χ4v) is 4.04. The fraction of sp³-hybridized carbons (Fsp3) is 0.167. The number of nitrogens with zero attached hydrogens (tertiary/aromatic N) is 1. The number of benzene rings is 3. The summed E-state index contributed by atoms with van der Waals surface area (Å²) >= 11 is 0. The topological polar surface area (TPSA) is 76.1 Å². The van der Waals surface area contributed by atoms with E-state index in [-0.39, 0.29) is 6.54 Å². The third kappa shape index (κ3) is 2.98. The highest BCUT2D eigenvalue weighted by atomic mass is 16.8. The van der Waals surface area contributed by atoms with Crippen LogP contribution >= 0.6 is 0 Å². The van der Waals surface area contributed by atoms with Crippen LogP contribution in [0.2, 0.25) is 0 Å². The van der Waals surface area contributed by atoms with E-state index < -0.39 is 29.9 Å². The van der Waals surface area contributed by atoms with Gasteiger partial charge in [0, 0.05) is 11.3 Å². The van der Waals surface area contributed by atoms with Gasteiger partial charge in [-0.1, -0.05) is 72.8 Å². The molecule has 3 atom stereocenters. The number of hydrogen-bond acceptors (Lipinski definition) is 4. The standard InChI is InChI=1S/C24H19NO5/c26-22-20-21(23(27)28)30-24(29-20,18-9-5-2-6-10-18)15-25(22)19-13-11-17(12-14-19)16-7-3-1-4-8-16/h1-14,20-21H,15H2,(H,27,28). The first-order valence-electron chi connectivity index (χ1n) is 9.68. The van der Waals surface area contributed by atoms with Crippen molar-refractivity contribution in [3.05, 3.63) is 90.5 Å². The molecule has 2 saturated heterocycles. The second-order valence-electron chi connectivity index (χ2n) is 7.37. The first kappa shape index (κ1) is 18.5. The van der Waals surface area contributed by atoms with Gasteiger partial charge in [-0.2, -0.15) is 0 Å². The van der Waals surface area contributed by atoms with Crippen LogP contribution in [0.4, 0.5) is 5.69 Å². The van der Waals surface area contributed by atoms with Gasteiger partial charge in [0.05, 0.1) is 6.54 Å². The number of carbonyl (C=O) groups is 2. The van der Waals surface area contributed by atoms with Gasteiger partial charge in [-0.15, -0.1) is 0 Å². The molecule has 1 N–H and O–H groups in total. The second kappa shape index (κ2) is 7.09. The van der Waals surface area contributed by atoms with E-state index in [1.165, 1.54) is 0 Å². The predicted octanol–water partition coefficient (Wildman–Crippen LogP) is 3.42. The number of ether oxygens (including phenoxy) is 2. The zero-order valence-corrected chi connectivity index (χ0v) is 16.0. The lowest BCUT2D eigenvalue weighted by atomic mass is 10.0. The van der Waals surface area contributed by atoms with E-state index in [9.17, 15) is 14.7 Å². The van der Waals surface area contributed by atoms with Crippen molar-refractivity contribution < 1.29 is 24.2 Å². The van der Waals surface area contributed by atoms with Gasteiger partial charge in [0.1, 0.15) is 0 Å². The molecule has 2 aliphatic heterocycles. The van der Waals surface area contributed by atoms with Crippen LogP contribution in [-0.2, 0) is 24.8 Å². The third-order valence-electron chi connectivity index (χ3n) is 5.53. The van der Waals surface area contributed by atoms with Gasteiger partial charge in [-0.05, 0) is 23.3 Å². The minimum Gasteiger partial charge on any atom is -0.479 e. The minimum absolute atomic E-state index is 0.0702. The first-order valence-corrected chi connectivity index (χ1v) is 9.68. The van der Waals surface area contributed by atoms with E-state index in [1.54, 1.807) is 4.90 Å². The van der Waals surface area contributed by atoms with Crippen molar-refractivity contribution in [1.82, 2.24) is 0 Å². The van der Waals surface area contributed by atoms with E-state index >= 15 is 0 Å². The molecule has 5 rings (SSSR count). The van der Waals surface area contributed by atoms with Crippen LogP contribution in [0.25, 0.3) is 11.1 Å². The number of morpholine rings is 1. The average Bonchev–Trinajstić information content (AvgIpc) is 3.14. The van der Waals surface area contributed by atoms with E-state index in [4.69, 9.17) is 9.47 Å². The van der Waals surface area contributed by atoms with Crippen LogP contribution < -0.4 is 4.90 Å². The van der Waals surface area contributed by atoms with Crippen molar-refractivity contribution in [3.8, 4) is 11.1 Å². The van der Waals surface area contributed by atoms with Gasteiger partial charge in [0.15, 0.2) is 12.2 Å².